The third kappa shape index (κ3) is 3.52. The zero-order valence-electron chi connectivity index (χ0n) is 15.8. The molecule has 7 heteroatoms. The van der Waals surface area contributed by atoms with Gasteiger partial charge in [-0.05, 0) is 36.8 Å². The summed E-state index contributed by atoms with van der Waals surface area (Å²) in [4.78, 5) is 26.8. The normalized spacial score (nSPS) is 18.7. The fourth-order valence-corrected chi connectivity index (χ4v) is 3.40. The van der Waals surface area contributed by atoms with Gasteiger partial charge in [-0.3, -0.25) is 9.59 Å². The van der Waals surface area contributed by atoms with Gasteiger partial charge in [0.25, 0.3) is 11.7 Å². The van der Waals surface area contributed by atoms with E-state index < -0.39 is 29.3 Å². The summed E-state index contributed by atoms with van der Waals surface area (Å²) in [6.07, 6.45) is 4.00. The van der Waals surface area contributed by atoms with E-state index in [1.807, 2.05) is 6.92 Å². The molecule has 0 saturated carbocycles. The van der Waals surface area contributed by atoms with Crippen molar-refractivity contribution in [1.82, 2.24) is 4.90 Å². The van der Waals surface area contributed by atoms with E-state index in [0.29, 0.717) is 18.7 Å². The van der Waals surface area contributed by atoms with Crippen molar-refractivity contribution in [3.63, 3.8) is 0 Å². The number of Topliss-reactive ketones (excluding diaryl/α,β-unsaturated/α-hetero) is 1. The second kappa shape index (κ2) is 8.29. The number of carbonyl (C=O) groups excluding carboxylic acids is 2. The van der Waals surface area contributed by atoms with Crippen molar-refractivity contribution in [2.75, 3.05) is 13.7 Å². The number of ketones is 1. The first kappa shape index (κ1) is 19.7. The van der Waals surface area contributed by atoms with Gasteiger partial charge in [0.1, 0.15) is 29.1 Å². The van der Waals surface area contributed by atoms with Crippen LogP contribution < -0.4 is 4.74 Å². The number of hydrogen-bond donors (Lipinski definition) is 1. The lowest BCUT2D eigenvalue weighted by Crippen LogP contribution is -2.30. The zero-order chi connectivity index (χ0) is 20.3. The fourth-order valence-electron chi connectivity index (χ4n) is 3.40. The monoisotopic (exact) mass is 387 g/mol. The maximum atomic E-state index is 13.8. The Morgan fingerprint density at radius 2 is 2.07 bits per heavy atom. The van der Waals surface area contributed by atoms with Crippen molar-refractivity contribution in [2.24, 2.45) is 0 Å². The van der Waals surface area contributed by atoms with Gasteiger partial charge in [-0.15, -0.1) is 0 Å². The summed E-state index contributed by atoms with van der Waals surface area (Å²) < 4.78 is 24.4. The van der Waals surface area contributed by atoms with Gasteiger partial charge in [0.15, 0.2) is 0 Å². The van der Waals surface area contributed by atoms with Gasteiger partial charge in [0, 0.05) is 6.54 Å². The minimum atomic E-state index is -0.875. The Labute approximate surface area is 162 Å². The molecule has 0 radical (unpaired) electrons. The van der Waals surface area contributed by atoms with Crippen molar-refractivity contribution in [2.45, 2.75) is 32.2 Å². The van der Waals surface area contributed by atoms with E-state index in [0.717, 1.165) is 18.9 Å². The lowest BCUT2D eigenvalue weighted by Gasteiger charge is -2.23. The molecular formula is C21H22FNO5. The Morgan fingerprint density at radius 3 is 2.71 bits per heavy atom. The summed E-state index contributed by atoms with van der Waals surface area (Å²) >= 11 is 0. The summed E-state index contributed by atoms with van der Waals surface area (Å²) in [5, 5.41) is 10.9. The van der Waals surface area contributed by atoms with E-state index in [2.05, 4.69) is 0 Å². The molecule has 2 heterocycles. The number of ether oxygens (including phenoxy) is 1. The molecule has 6 nitrogen and oxygen atoms in total. The largest absolute Gasteiger partial charge is 0.507 e. The molecule has 28 heavy (non-hydrogen) atoms. The van der Waals surface area contributed by atoms with Crippen LogP contribution in [0.25, 0.3) is 5.76 Å². The van der Waals surface area contributed by atoms with Crippen LogP contribution in [0.5, 0.6) is 5.75 Å². The van der Waals surface area contributed by atoms with Crippen molar-refractivity contribution in [3.8, 4) is 5.75 Å². The van der Waals surface area contributed by atoms with Crippen molar-refractivity contribution in [1.29, 1.82) is 0 Å². The first-order chi connectivity index (χ1) is 13.5. The number of furan rings is 1. The molecule has 1 unspecified atom stereocenters. The van der Waals surface area contributed by atoms with Crippen LogP contribution in [0.1, 0.15) is 43.6 Å². The summed E-state index contributed by atoms with van der Waals surface area (Å²) in [5.41, 5.74) is -0.133. The molecule has 1 aliphatic rings. The predicted octanol–water partition coefficient (Wildman–Crippen LogP) is 4.04. The topological polar surface area (TPSA) is 80.0 Å². The van der Waals surface area contributed by atoms with E-state index in [-0.39, 0.29) is 16.9 Å². The van der Waals surface area contributed by atoms with Crippen molar-refractivity contribution < 1.29 is 28.2 Å². The Bertz CT molecular complexity index is 904. The van der Waals surface area contributed by atoms with Gasteiger partial charge in [0.2, 0.25) is 0 Å². The molecule has 0 aliphatic carbocycles. The Hall–Kier alpha value is -3.09. The molecule has 1 aliphatic heterocycles. The van der Waals surface area contributed by atoms with Crippen LogP contribution in [0, 0.1) is 5.82 Å². The number of aliphatic hydroxyl groups excluding tert-OH is 1. The van der Waals surface area contributed by atoms with Gasteiger partial charge in [-0.1, -0.05) is 19.8 Å². The molecule has 0 spiro atoms. The highest BCUT2D eigenvalue weighted by Crippen LogP contribution is 2.41. The number of aliphatic hydroxyl groups is 1. The number of likely N-dealkylation sites (tertiary alicyclic amines) is 1. The first-order valence-corrected chi connectivity index (χ1v) is 9.15. The average Bonchev–Trinajstić information content (AvgIpc) is 3.30. The number of benzene rings is 1. The number of halogens is 1. The van der Waals surface area contributed by atoms with Gasteiger partial charge in [-0.25, -0.2) is 4.39 Å². The molecule has 1 saturated heterocycles. The minimum absolute atomic E-state index is 0.00520. The molecule has 148 valence electrons. The molecule has 1 aromatic carbocycles. The number of unbranched alkanes of at least 4 members (excludes halogenated alkanes) is 2. The Kier molecular flexibility index (Phi) is 5.82. The Morgan fingerprint density at radius 1 is 1.29 bits per heavy atom. The molecule has 1 amide bonds. The van der Waals surface area contributed by atoms with Gasteiger partial charge in [-0.2, -0.15) is 0 Å². The van der Waals surface area contributed by atoms with Gasteiger partial charge >= 0.3 is 0 Å². The molecule has 1 N–H and O–H groups in total. The summed E-state index contributed by atoms with van der Waals surface area (Å²) in [5.74, 6) is -2.10. The summed E-state index contributed by atoms with van der Waals surface area (Å²) in [6, 6.07) is 6.01. The second-order valence-corrected chi connectivity index (χ2v) is 6.56. The highest BCUT2D eigenvalue weighted by Gasteiger charge is 2.47. The van der Waals surface area contributed by atoms with E-state index in [1.54, 1.807) is 12.1 Å². The van der Waals surface area contributed by atoms with Gasteiger partial charge < -0.3 is 19.2 Å². The maximum absolute atomic E-state index is 13.8. The highest BCUT2D eigenvalue weighted by molar-refractivity contribution is 6.46. The molecular weight excluding hydrogens is 365 g/mol. The smallest absolute Gasteiger partial charge is 0.295 e. The number of hydrogen-bond acceptors (Lipinski definition) is 5. The maximum Gasteiger partial charge on any atom is 0.295 e. The SMILES string of the molecule is CCCCCN1C(=O)C(=O)/C(=C(\O)c2cc(F)ccc2OC)C1c1ccco1. The lowest BCUT2D eigenvalue weighted by molar-refractivity contribution is -0.140. The number of methoxy groups -OCH3 is 1. The predicted molar refractivity (Wildman–Crippen MR) is 100 cm³/mol. The van der Waals surface area contributed by atoms with Crippen molar-refractivity contribution in [3.05, 3.63) is 59.3 Å². The van der Waals surface area contributed by atoms with E-state index >= 15 is 0 Å². The van der Waals surface area contributed by atoms with Crippen LogP contribution in [0.3, 0.4) is 0 Å². The van der Waals surface area contributed by atoms with Gasteiger partial charge in [0.05, 0.1) is 24.5 Å². The highest BCUT2D eigenvalue weighted by atomic mass is 19.1. The third-order valence-corrected chi connectivity index (χ3v) is 4.77. The van der Waals surface area contributed by atoms with E-state index in [1.165, 1.54) is 30.4 Å². The first-order valence-electron chi connectivity index (χ1n) is 9.15. The summed E-state index contributed by atoms with van der Waals surface area (Å²) in [7, 11) is 1.37. The van der Waals surface area contributed by atoms with E-state index in [9.17, 15) is 19.1 Å². The third-order valence-electron chi connectivity index (χ3n) is 4.77. The zero-order valence-corrected chi connectivity index (χ0v) is 15.8. The molecule has 2 aromatic rings. The number of amides is 1. The second-order valence-electron chi connectivity index (χ2n) is 6.56. The van der Waals surface area contributed by atoms with Crippen LogP contribution in [0.15, 0.2) is 46.6 Å². The molecule has 0 bridgehead atoms. The van der Waals surface area contributed by atoms with Crippen LogP contribution in [0.4, 0.5) is 4.39 Å². The molecule has 1 fully saturated rings. The van der Waals surface area contributed by atoms with E-state index in [4.69, 9.17) is 9.15 Å². The number of nitrogens with zero attached hydrogens (tertiary/aromatic N) is 1. The van der Waals surface area contributed by atoms with Crippen LogP contribution >= 0.6 is 0 Å². The quantitative estimate of drug-likeness (QED) is 0.336. The minimum Gasteiger partial charge on any atom is -0.507 e. The average molecular weight is 387 g/mol. The standard InChI is InChI=1S/C21H22FNO5/c1-3-4-5-10-23-18(16-7-6-11-28-16)17(20(25)21(23)26)19(24)14-12-13(22)8-9-15(14)27-2/h6-9,11-12,18,24H,3-5,10H2,1-2H3/b19-17-. The lowest BCUT2D eigenvalue weighted by atomic mass is 9.98. The number of rotatable bonds is 7. The number of carbonyl (C=O) groups is 2. The Balaban J connectivity index is 2.14. The molecule has 1 atom stereocenters. The van der Waals surface area contributed by atoms with Crippen LogP contribution in [-0.4, -0.2) is 35.4 Å². The molecule has 3 rings (SSSR count). The fraction of sp³-hybridized carbons (Fsp3) is 0.333. The van der Waals surface area contributed by atoms with Crippen molar-refractivity contribution >= 4 is 17.4 Å². The van der Waals surface area contributed by atoms with Crippen LogP contribution in [0.2, 0.25) is 0 Å². The molecule has 1 aromatic heterocycles. The summed E-state index contributed by atoms with van der Waals surface area (Å²) in [6.45, 7) is 2.38. The van der Waals surface area contributed by atoms with Crippen LogP contribution in [-0.2, 0) is 9.59 Å².